The van der Waals surface area contributed by atoms with Crippen LogP contribution in [0.15, 0.2) is 28.9 Å². The summed E-state index contributed by atoms with van der Waals surface area (Å²) >= 11 is 0. The van der Waals surface area contributed by atoms with Gasteiger partial charge in [0.1, 0.15) is 0 Å². The molecule has 3 unspecified atom stereocenters. The predicted molar refractivity (Wildman–Crippen MR) is 125 cm³/mol. The van der Waals surface area contributed by atoms with Gasteiger partial charge in [-0.15, -0.1) is 10.2 Å². The number of hydrogen-bond donors (Lipinski definition) is 3. The lowest BCUT2D eigenvalue weighted by atomic mass is 9.82. The number of rotatable bonds is 7. The van der Waals surface area contributed by atoms with E-state index < -0.39 is 0 Å². The van der Waals surface area contributed by atoms with Crippen LogP contribution in [-0.2, 0) is 9.59 Å². The molecule has 9 heteroatoms. The zero-order chi connectivity index (χ0) is 23.3. The van der Waals surface area contributed by atoms with Crippen LogP contribution in [0.25, 0.3) is 11.5 Å². The van der Waals surface area contributed by atoms with Gasteiger partial charge in [0.25, 0.3) is 0 Å². The minimum Gasteiger partial charge on any atom is -0.420 e. The molecule has 3 heterocycles. The first kappa shape index (κ1) is 23.0. The minimum atomic E-state index is -0.0125. The van der Waals surface area contributed by atoms with Crippen LogP contribution in [0.4, 0.5) is 0 Å². The highest BCUT2D eigenvalue weighted by molar-refractivity contribution is 5.80. The van der Waals surface area contributed by atoms with Gasteiger partial charge in [-0.1, -0.05) is 12.8 Å². The lowest BCUT2D eigenvalue weighted by Gasteiger charge is -2.40. The van der Waals surface area contributed by atoms with E-state index >= 15 is 0 Å². The lowest BCUT2D eigenvalue weighted by Crippen LogP contribution is -2.62. The standard InChI is InChI=1S/C25H34N6O3/c32-22(7-3-6-21-28-20-5-2-1-4-19(20)23(33)29-21)27-18-10-8-16(9-11-18)24-30-31-25(34-24)17-12-14-26-15-13-17/h12-16,18-21,28H,1-11H2,(H,27,32)(H,29,33). The number of aromatic nitrogens is 3. The first-order valence-electron chi connectivity index (χ1n) is 12.8. The number of carbonyl (C=O) groups is 2. The Morgan fingerprint density at radius 3 is 2.68 bits per heavy atom. The summed E-state index contributed by atoms with van der Waals surface area (Å²) in [6.07, 6.45) is 13.5. The molecule has 1 aliphatic heterocycles. The van der Waals surface area contributed by atoms with E-state index in [4.69, 9.17) is 4.42 Å². The van der Waals surface area contributed by atoms with Crippen molar-refractivity contribution in [1.82, 2.24) is 31.1 Å². The van der Waals surface area contributed by atoms with Gasteiger partial charge < -0.3 is 15.1 Å². The van der Waals surface area contributed by atoms with Gasteiger partial charge in [0.15, 0.2) is 0 Å². The number of fused-ring (bicyclic) bond motifs is 1. The van der Waals surface area contributed by atoms with E-state index in [2.05, 4.69) is 31.1 Å². The molecule has 0 aromatic carbocycles. The Hall–Kier alpha value is -2.81. The summed E-state index contributed by atoms with van der Waals surface area (Å²) in [6.45, 7) is 0. The summed E-state index contributed by atoms with van der Waals surface area (Å²) in [6, 6.07) is 4.21. The predicted octanol–water partition coefficient (Wildman–Crippen LogP) is 3.05. The van der Waals surface area contributed by atoms with Crippen molar-refractivity contribution in [2.45, 2.75) is 94.8 Å². The maximum Gasteiger partial charge on any atom is 0.247 e. The molecule has 3 N–H and O–H groups in total. The summed E-state index contributed by atoms with van der Waals surface area (Å²) in [4.78, 5) is 28.9. The Balaban J connectivity index is 1.01. The second kappa shape index (κ2) is 10.6. The van der Waals surface area contributed by atoms with Crippen LogP contribution in [0.1, 0.15) is 82.4 Å². The van der Waals surface area contributed by atoms with E-state index in [9.17, 15) is 9.59 Å². The normalized spacial score (nSPS) is 29.2. The van der Waals surface area contributed by atoms with E-state index in [0.717, 1.165) is 63.4 Å². The van der Waals surface area contributed by atoms with Crippen molar-refractivity contribution in [1.29, 1.82) is 0 Å². The van der Waals surface area contributed by atoms with Gasteiger partial charge in [0.05, 0.1) is 12.1 Å². The van der Waals surface area contributed by atoms with Crippen LogP contribution < -0.4 is 16.0 Å². The quantitative estimate of drug-likeness (QED) is 0.573. The first-order chi connectivity index (χ1) is 16.7. The number of hydrogen-bond acceptors (Lipinski definition) is 7. The third-order valence-corrected chi connectivity index (χ3v) is 7.54. The van der Waals surface area contributed by atoms with Crippen LogP contribution >= 0.6 is 0 Å². The van der Waals surface area contributed by atoms with Crippen LogP contribution in [0.5, 0.6) is 0 Å². The SMILES string of the molecule is O=C(CCCC1NC(=O)C2CCCCC2N1)NC1CCC(c2nnc(-c3ccncc3)o2)CC1. The molecule has 2 aromatic rings. The Bertz CT molecular complexity index is 972. The van der Waals surface area contributed by atoms with E-state index in [1.54, 1.807) is 12.4 Å². The average molecular weight is 467 g/mol. The fourth-order valence-electron chi connectivity index (χ4n) is 5.64. The zero-order valence-electron chi connectivity index (χ0n) is 19.5. The largest absolute Gasteiger partial charge is 0.420 e. The number of nitrogens with one attached hydrogen (secondary N) is 3. The van der Waals surface area contributed by atoms with Crippen molar-refractivity contribution in [3.63, 3.8) is 0 Å². The molecule has 2 saturated carbocycles. The van der Waals surface area contributed by atoms with Crippen LogP contribution in [-0.4, -0.2) is 45.2 Å². The fourth-order valence-corrected chi connectivity index (χ4v) is 5.64. The molecule has 0 bridgehead atoms. The summed E-state index contributed by atoms with van der Waals surface area (Å²) in [5.41, 5.74) is 0.872. The Morgan fingerprint density at radius 2 is 1.85 bits per heavy atom. The molecule has 1 saturated heterocycles. The van der Waals surface area contributed by atoms with E-state index in [-0.39, 0.29) is 35.9 Å². The number of amides is 2. The maximum absolute atomic E-state index is 12.5. The molecule has 34 heavy (non-hydrogen) atoms. The number of pyridine rings is 1. The van der Waals surface area contributed by atoms with Crippen molar-refractivity contribution in [3.05, 3.63) is 30.4 Å². The molecular formula is C25H34N6O3. The van der Waals surface area contributed by atoms with E-state index in [1.807, 2.05) is 12.1 Å². The Labute approximate surface area is 199 Å². The van der Waals surface area contributed by atoms with Gasteiger partial charge >= 0.3 is 0 Å². The Kier molecular flexibility index (Phi) is 7.18. The topological polar surface area (TPSA) is 122 Å². The smallest absolute Gasteiger partial charge is 0.247 e. The van der Waals surface area contributed by atoms with Crippen LogP contribution in [0, 0.1) is 5.92 Å². The number of carbonyl (C=O) groups excluding carboxylic acids is 2. The lowest BCUT2D eigenvalue weighted by molar-refractivity contribution is -0.130. The highest BCUT2D eigenvalue weighted by atomic mass is 16.4. The summed E-state index contributed by atoms with van der Waals surface area (Å²) in [5.74, 6) is 1.84. The zero-order valence-corrected chi connectivity index (χ0v) is 19.5. The molecular weight excluding hydrogens is 432 g/mol. The molecule has 3 aliphatic rings. The fraction of sp³-hybridized carbons (Fsp3) is 0.640. The summed E-state index contributed by atoms with van der Waals surface area (Å²) < 4.78 is 5.90. The minimum absolute atomic E-state index is 0.0125. The molecule has 9 nitrogen and oxygen atoms in total. The monoisotopic (exact) mass is 466 g/mol. The molecule has 182 valence electrons. The van der Waals surface area contributed by atoms with E-state index in [1.165, 1.54) is 6.42 Å². The van der Waals surface area contributed by atoms with Crippen molar-refractivity contribution >= 4 is 11.8 Å². The van der Waals surface area contributed by atoms with Gasteiger partial charge in [-0.25, -0.2) is 0 Å². The maximum atomic E-state index is 12.5. The molecule has 2 amide bonds. The second-order valence-corrected chi connectivity index (χ2v) is 9.91. The molecule has 0 radical (unpaired) electrons. The van der Waals surface area contributed by atoms with Crippen molar-refractivity contribution in [2.24, 2.45) is 5.92 Å². The molecule has 3 atom stereocenters. The van der Waals surface area contributed by atoms with Gasteiger partial charge in [-0.2, -0.15) is 0 Å². The Morgan fingerprint density at radius 1 is 1.06 bits per heavy atom. The number of nitrogens with zero attached hydrogens (tertiary/aromatic N) is 3. The van der Waals surface area contributed by atoms with Crippen molar-refractivity contribution in [2.75, 3.05) is 0 Å². The third kappa shape index (κ3) is 5.46. The molecule has 2 aliphatic carbocycles. The molecule has 0 spiro atoms. The second-order valence-electron chi connectivity index (χ2n) is 9.91. The summed E-state index contributed by atoms with van der Waals surface area (Å²) in [7, 11) is 0. The van der Waals surface area contributed by atoms with Crippen LogP contribution in [0.2, 0.25) is 0 Å². The highest BCUT2D eigenvalue weighted by Gasteiger charge is 2.37. The first-order valence-corrected chi connectivity index (χ1v) is 12.8. The average Bonchev–Trinajstić information content (AvgIpc) is 3.36. The van der Waals surface area contributed by atoms with Gasteiger partial charge in [-0.05, 0) is 63.5 Å². The summed E-state index contributed by atoms with van der Waals surface area (Å²) in [5, 5.41) is 18.3. The van der Waals surface area contributed by atoms with Gasteiger partial charge in [-0.3, -0.25) is 19.9 Å². The third-order valence-electron chi connectivity index (χ3n) is 7.54. The molecule has 3 fully saturated rings. The van der Waals surface area contributed by atoms with Crippen molar-refractivity contribution < 1.29 is 14.0 Å². The van der Waals surface area contributed by atoms with E-state index in [0.29, 0.717) is 24.2 Å². The highest BCUT2D eigenvalue weighted by Crippen LogP contribution is 2.33. The van der Waals surface area contributed by atoms with Gasteiger partial charge in [0, 0.05) is 42.4 Å². The van der Waals surface area contributed by atoms with Crippen LogP contribution in [0.3, 0.4) is 0 Å². The molecule has 5 rings (SSSR count). The van der Waals surface area contributed by atoms with Gasteiger partial charge in [0.2, 0.25) is 23.6 Å². The molecule has 2 aromatic heterocycles. The van der Waals surface area contributed by atoms with Crippen molar-refractivity contribution in [3.8, 4) is 11.5 Å².